The lowest BCUT2D eigenvalue weighted by Gasteiger charge is -2.37. The van der Waals surface area contributed by atoms with Gasteiger partial charge in [0, 0.05) is 18.8 Å². The Kier molecular flexibility index (Phi) is 8.49. The number of carbonyl (C=O) groups is 2. The summed E-state index contributed by atoms with van der Waals surface area (Å²) in [6, 6.07) is 15.1. The van der Waals surface area contributed by atoms with Crippen molar-refractivity contribution < 1.29 is 23.8 Å². The molecular formula is C31H35N3O5S. The smallest absolute Gasteiger partial charge is 0.338 e. The number of likely N-dealkylation sites (tertiary alicyclic amines) is 1. The highest BCUT2D eigenvalue weighted by atomic mass is 32.2. The molecule has 8 nitrogen and oxygen atoms in total. The topological polar surface area (TPSA) is 80.7 Å². The number of amidine groups is 1. The maximum Gasteiger partial charge on any atom is 0.338 e. The number of thioether (sulfide) groups is 1. The second kappa shape index (κ2) is 12.2. The highest BCUT2D eigenvalue weighted by Crippen LogP contribution is 2.46. The summed E-state index contributed by atoms with van der Waals surface area (Å²) in [6.45, 7) is 7.46. The van der Waals surface area contributed by atoms with Crippen LogP contribution >= 0.6 is 11.8 Å². The van der Waals surface area contributed by atoms with Gasteiger partial charge in [-0.05, 0) is 62.3 Å². The van der Waals surface area contributed by atoms with E-state index >= 15 is 0 Å². The molecule has 1 saturated heterocycles. The van der Waals surface area contributed by atoms with Crippen molar-refractivity contribution >= 4 is 28.8 Å². The quantitative estimate of drug-likeness (QED) is 0.357. The van der Waals surface area contributed by atoms with Crippen molar-refractivity contribution in [3.63, 3.8) is 0 Å². The van der Waals surface area contributed by atoms with Gasteiger partial charge in [-0.1, -0.05) is 48.2 Å². The lowest BCUT2D eigenvalue weighted by atomic mass is 9.93. The molecular weight excluding hydrogens is 526 g/mol. The number of carbonyl (C=O) groups excluding carboxylic acids is 2. The fraction of sp³-hybridized carbons (Fsp3) is 0.387. The second-order valence-corrected chi connectivity index (χ2v) is 11.1. The Labute approximate surface area is 239 Å². The van der Waals surface area contributed by atoms with Crippen molar-refractivity contribution in [3.8, 4) is 11.5 Å². The summed E-state index contributed by atoms with van der Waals surface area (Å²) >= 11 is 1.47. The summed E-state index contributed by atoms with van der Waals surface area (Å²) in [5.41, 5.74) is 3.72. The number of rotatable bonds is 9. The SMILES string of the molecule is COc1cc(C2C(C(=O)OC(C)C)=C(C)N=C3SC=C(CC(=O)N4CCCC4)N32)ccc1OCc1ccccc1. The Balaban J connectivity index is 1.49. The van der Waals surface area contributed by atoms with Crippen molar-refractivity contribution in [3.05, 3.63) is 82.0 Å². The molecule has 0 radical (unpaired) electrons. The van der Waals surface area contributed by atoms with Crippen molar-refractivity contribution in [1.82, 2.24) is 9.80 Å². The highest BCUT2D eigenvalue weighted by molar-refractivity contribution is 8.16. The molecule has 1 unspecified atom stereocenters. The minimum atomic E-state index is -0.538. The maximum absolute atomic E-state index is 13.5. The monoisotopic (exact) mass is 561 g/mol. The van der Waals surface area contributed by atoms with E-state index in [1.807, 2.05) is 84.5 Å². The lowest BCUT2D eigenvalue weighted by Crippen LogP contribution is -2.38. The molecule has 2 aromatic carbocycles. The second-order valence-electron chi connectivity index (χ2n) is 10.3. The Bertz CT molecular complexity index is 1360. The number of amides is 1. The third kappa shape index (κ3) is 5.89. The Morgan fingerprint density at radius 2 is 1.82 bits per heavy atom. The highest BCUT2D eigenvalue weighted by Gasteiger charge is 2.42. The minimum Gasteiger partial charge on any atom is -0.493 e. The van der Waals surface area contributed by atoms with Gasteiger partial charge in [-0.2, -0.15) is 0 Å². The van der Waals surface area contributed by atoms with Crippen molar-refractivity contribution in [2.45, 2.75) is 58.8 Å². The number of aliphatic imine (C=N–C) groups is 1. The van der Waals surface area contributed by atoms with Gasteiger partial charge in [-0.25, -0.2) is 9.79 Å². The Hall–Kier alpha value is -3.72. The summed E-state index contributed by atoms with van der Waals surface area (Å²) < 4.78 is 17.5. The lowest BCUT2D eigenvalue weighted by molar-refractivity contribution is -0.143. The van der Waals surface area contributed by atoms with Gasteiger partial charge in [-0.15, -0.1) is 0 Å². The van der Waals surface area contributed by atoms with Gasteiger partial charge in [0.05, 0.1) is 36.9 Å². The standard InChI is InChI=1S/C31H35N3O5S/c1-20(2)39-30(36)28-21(3)32-31-34(24(19-40-31)17-27(35)33-14-8-9-15-33)29(28)23-12-13-25(26(16-23)37-4)38-18-22-10-6-5-7-11-22/h5-7,10-13,16,19-20,29H,8-9,14-15,17-18H2,1-4H3. The number of hydrogen-bond donors (Lipinski definition) is 0. The molecule has 0 bridgehead atoms. The average molecular weight is 562 g/mol. The molecule has 2 aromatic rings. The van der Waals surface area contributed by atoms with Gasteiger partial charge in [-0.3, -0.25) is 4.79 Å². The third-order valence-electron chi connectivity index (χ3n) is 7.10. The molecule has 3 aliphatic heterocycles. The van der Waals surface area contributed by atoms with Crippen LogP contribution in [0.4, 0.5) is 0 Å². The number of hydrogen-bond acceptors (Lipinski definition) is 8. The Morgan fingerprint density at radius 1 is 1.07 bits per heavy atom. The molecule has 210 valence electrons. The molecule has 0 aromatic heterocycles. The summed E-state index contributed by atoms with van der Waals surface area (Å²) in [7, 11) is 1.60. The van der Waals surface area contributed by atoms with Crippen LogP contribution in [0.25, 0.3) is 0 Å². The van der Waals surface area contributed by atoms with Crippen LogP contribution < -0.4 is 9.47 Å². The van der Waals surface area contributed by atoms with Gasteiger partial charge in [0.15, 0.2) is 16.7 Å². The van der Waals surface area contributed by atoms with Crippen LogP contribution in [0.15, 0.2) is 75.9 Å². The minimum absolute atomic E-state index is 0.0872. The zero-order valence-corrected chi connectivity index (χ0v) is 24.2. The van der Waals surface area contributed by atoms with Crippen LogP contribution in [0.2, 0.25) is 0 Å². The first kappa shape index (κ1) is 27.8. The normalized spacial score (nSPS) is 18.5. The molecule has 3 heterocycles. The van der Waals surface area contributed by atoms with E-state index in [-0.39, 0.29) is 18.4 Å². The molecule has 0 spiro atoms. The molecule has 0 saturated carbocycles. The van der Waals surface area contributed by atoms with Crippen LogP contribution in [0.3, 0.4) is 0 Å². The number of methoxy groups -OCH3 is 1. The summed E-state index contributed by atoms with van der Waals surface area (Å²) in [5.74, 6) is 0.815. The molecule has 0 N–H and O–H groups in total. The third-order valence-corrected chi connectivity index (χ3v) is 7.98. The summed E-state index contributed by atoms with van der Waals surface area (Å²) in [6.07, 6.45) is 2.01. The number of benzene rings is 2. The van der Waals surface area contributed by atoms with Crippen LogP contribution in [0.1, 0.15) is 57.2 Å². The first-order valence-corrected chi connectivity index (χ1v) is 14.5. The van der Waals surface area contributed by atoms with E-state index in [4.69, 9.17) is 19.2 Å². The molecule has 3 aliphatic rings. The van der Waals surface area contributed by atoms with Crippen LogP contribution in [-0.4, -0.2) is 53.1 Å². The fourth-order valence-corrected chi connectivity index (χ4v) is 6.13. The van der Waals surface area contributed by atoms with Gasteiger partial charge in [0.1, 0.15) is 6.61 Å². The molecule has 1 atom stereocenters. The van der Waals surface area contributed by atoms with Crippen molar-refractivity contribution in [2.75, 3.05) is 20.2 Å². The molecule has 1 fully saturated rings. The Morgan fingerprint density at radius 3 is 2.52 bits per heavy atom. The molecule has 9 heteroatoms. The van der Waals surface area contributed by atoms with E-state index in [1.165, 1.54) is 11.8 Å². The zero-order valence-electron chi connectivity index (χ0n) is 23.4. The molecule has 0 aliphatic carbocycles. The predicted octanol–water partition coefficient (Wildman–Crippen LogP) is 5.81. The number of ether oxygens (including phenoxy) is 3. The first-order valence-electron chi connectivity index (χ1n) is 13.6. The van der Waals surface area contributed by atoms with E-state index in [1.54, 1.807) is 7.11 Å². The number of fused-ring (bicyclic) bond motifs is 1. The summed E-state index contributed by atoms with van der Waals surface area (Å²) in [5, 5.41) is 2.70. The summed E-state index contributed by atoms with van der Waals surface area (Å²) in [4.78, 5) is 35.3. The molecule has 5 rings (SSSR count). The van der Waals surface area contributed by atoms with Gasteiger partial charge in [0.2, 0.25) is 5.91 Å². The molecule has 1 amide bonds. The van der Waals surface area contributed by atoms with E-state index in [9.17, 15) is 9.59 Å². The van der Waals surface area contributed by atoms with Gasteiger partial charge in [0.25, 0.3) is 0 Å². The van der Waals surface area contributed by atoms with Gasteiger partial charge < -0.3 is 24.0 Å². The van der Waals surface area contributed by atoms with E-state index in [0.29, 0.717) is 29.4 Å². The number of esters is 1. The first-order chi connectivity index (χ1) is 19.4. The fourth-order valence-electron chi connectivity index (χ4n) is 5.17. The van der Waals surface area contributed by atoms with Gasteiger partial charge >= 0.3 is 5.97 Å². The van der Waals surface area contributed by atoms with E-state index in [2.05, 4.69) is 0 Å². The van der Waals surface area contributed by atoms with Crippen molar-refractivity contribution in [2.24, 2.45) is 4.99 Å². The van der Waals surface area contributed by atoms with Crippen molar-refractivity contribution in [1.29, 1.82) is 0 Å². The van der Waals surface area contributed by atoms with Crippen LogP contribution in [0.5, 0.6) is 11.5 Å². The number of nitrogens with zero attached hydrogens (tertiary/aromatic N) is 3. The zero-order chi connectivity index (χ0) is 28.2. The number of allylic oxidation sites excluding steroid dienone is 1. The average Bonchev–Trinajstić information content (AvgIpc) is 3.62. The van der Waals surface area contributed by atoms with E-state index in [0.717, 1.165) is 47.9 Å². The largest absolute Gasteiger partial charge is 0.493 e. The van der Waals surface area contributed by atoms with Crippen LogP contribution in [-0.2, 0) is 20.9 Å². The molecule has 40 heavy (non-hydrogen) atoms. The van der Waals surface area contributed by atoms with E-state index < -0.39 is 12.0 Å². The predicted molar refractivity (Wildman–Crippen MR) is 156 cm³/mol. The van der Waals surface area contributed by atoms with Crippen LogP contribution in [0, 0.1) is 0 Å². The maximum atomic E-state index is 13.5.